The third-order valence-corrected chi connectivity index (χ3v) is 6.45. The van der Waals surface area contributed by atoms with Crippen LogP contribution in [0.25, 0.3) is 10.9 Å². The molecule has 1 aliphatic rings. The van der Waals surface area contributed by atoms with E-state index in [1.807, 2.05) is 18.2 Å². The van der Waals surface area contributed by atoms with E-state index in [1.165, 1.54) is 16.2 Å². The van der Waals surface area contributed by atoms with E-state index in [4.69, 9.17) is 0 Å². The number of amides is 1. The Labute approximate surface area is 195 Å². The maximum absolute atomic E-state index is 14.3. The van der Waals surface area contributed by atoms with Gasteiger partial charge in [0.05, 0.1) is 17.4 Å². The van der Waals surface area contributed by atoms with E-state index < -0.39 is 17.1 Å². The van der Waals surface area contributed by atoms with E-state index in [1.54, 1.807) is 47.4 Å². The van der Waals surface area contributed by atoms with Crippen LogP contribution in [-0.2, 0) is 30.8 Å². The minimum absolute atomic E-state index is 0.0108. The summed E-state index contributed by atoms with van der Waals surface area (Å²) in [7, 11) is 0. The van der Waals surface area contributed by atoms with Crippen molar-refractivity contribution in [1.29, 1.82) is 0 Å². The molecule has 6 nitrogen and oxygen atoms in total. The van der Waals surface area contributed by atoms with Crippen molar-refractivity contribution in [2.75, 3.05) is 6.54 Å². The van der Waals surface area contributed by atoms with Crippen LogP contribution in [0, 0.1) is 5.82 Å². The summed E-state index contributed by atoms with van der Waals surface area (Å²) in [4.78, 5) is 41.2. The maximum Gasteiger partial charge on any atom is 0.331 e. The van der Waals surface area contributed by atoms with Gasteiger partial charge in [-0.05, 0) is 35.7 Å². The average Bonchev–Trinajstić information content (AvgIpc) is 2.87. The summed E-state index contributed by atoms with van der Waals surface area (Å²) >= 11 is 0. The summed E-state index contributed by atoms with van der Waals surface area (Å²) in [5.74, 6) is -0.522. The number of hydrogen-bond donors (Lipinski definition) is 0. The Hall–Kier alpha value is -4.00. The molecule has 3 aromatic carbocycles. The van der Waals surface area contributed by atoms with Crippen molar-refractivity contribution < 1.29 is 9.18 Å². The van der Waals surface area contributed by atoms with Gasteiger partial charge in [-0.3, -0.25) is 18.7 Å². The molecule has 0 saturated heterocycles. The zero-order chi connectivity index (χ0) is 23.7. The predicted octanol–water partition coefficient (Wildman–Crippen LogP) is 3.33. The topological polar surface area (TPSA) is 64.3 Å². The summed E-state index contributed by atoms with van der Waals surface area (Å²) in [6.07, 6.45) is 0.822. The monoisotopic (exact) mass is 457 g/mol. The number of rotatable bonds is 5. The molecule has 0 N–H and O–H groups in total. The zero-order valence-corrected chi connectivity index (χ0v) is 18.6. The Morgan fingerprint density at radius 2 is 1.56 bits per heavy atom. The third-order valence-electron chi connectivity index (χ3n) is 6.45. The highest BCUT2D eigenvalue weighted by Crippen LogP contribution is 2.19. The standard InChI is InChI=1S/C27H24FN3O3/c28-23-11-5-3-9-21(23)18-31-24-12-6-4-10-22(24)26(33)30(27(31)34)16-14-25(32)29-15-13-19-7-1-2-8-20(19)17-29/h1-12H,13-18H2. The molecule has 5 rings (SSSR count). The van der Waals surface area contributed by atoms with E-state index in [0.29, 0.717) is 29.6 Å². The second-order valence-electron chi connectivity index (χ2n) is 8.52. The molecular weight excluding hydrogens is 433 g/mol. The lowest BCUT2D eigenvalue weighted by atomic mass is 10.00. The normalized spacial score (nSPS) is 13.1. The lowest BCUT2D eigenvalue weighted by molar-refractivity contribution is -0.132. The Balaban J connectivity index is 1.44. The Kier molecular flexibility index (Phi) is 5.84. The quantitative estimate of drug-likeness (QED) is 0.462. The molecule has 0 saturated carbocycles. The first kappa shape index (κ1) is 21.8. The van der Waals surface area contributed by atoms with E-state index >= 15 is 0 Å². The minimum atomic E-state index is -0.552. The number of benzene rings is 3. The molecule has 0 unspecified atom stereocenters. The largest absolute Gasteiger partial charge is 0.338 e. The average molecular weight is 458 g/mol. The van der Waals surface area contributed by atoms with E-state index in [-0.39, 0.29) is 25.4 Å². The fourth-order valence-corrected chi connectivity index (χ4v) is 4.59. The van der Waals surface area contributed by atoms with Crippen LogP contribution in [0.4, 0.5) is 4.39 Å². The first-order valence-corrected chi connectivity index (χ1v) is 11.3. The number of carbonyl (C=O) groups excluding carboxylic acids is 1. The molecule has 0 aliphatic carbocycles. The maximum atomic E-state index is 14.3. The molecule has 0 radical (unpaired) electrons. The molecular formula is C27H24FN3O3. The van der Waals surface area contributed by atoms with Crippen molar-refractivity contribution in [3.05, 3.63) is 116 Å². The van der Waals surface area contributed by atoms with E-state index in [2.05, 4.69) is 6.07 Å². The Bertz CT molecular complexity index is 1510. The van der Waals surface area contributed by atoms with Crippen LogP contribution in [0.5, 0.6) is 0 Å². The van der Waals surface area contributed by atoms with Crippen molar-refractivity contribution in [2.45, 2.75) is 32.5 Å². The molecule has 0 atom stereocenters. The number of para-hydroxylation sites is 1. The summed E-state index contributed by atoms with van der Waals surface area (Å²) in [5.41, 5.74) is 2.16. The smallest absolute Gasteiger partial charge is 0.331 e. The fraction of sp³-hybridized carbons (Fsp3) is 0.222. The van der Waals surface area contributed by atoms with Crippen LogP contribution in [0.2, 0.25) is 0 Å². The van der Waals surface area contributed by atoms with Crippen molar-refractivity contribution in [2.24, 2.45) is 0 Å². The van der Waals surface area contributed by atoms with E-state index in [0.717, 1.165) is 16.6 Å². The summed E-state index contributed by atoms with van der Waals surface area (Å²) in [6.45, 7) is 1.10. The number of hydrogen-bond acceptors (Lipinski definition) is 3. The van der Waals surface area contributed by atoms with Crippen LogP contribution >= 0.6 is 0 Å². The van der Waals surface area contributed by atoms with Gasteiger partial charge in [0, 0.05) is 31.6 Å². The highest BCUT2D eigenvalue weighted by molar-refractivity contribution is 5.78. The van der Waals surface area contributed by atoms with Crippen molar-refractivity contribution in [3.63, 3.8) is 0 Å². The van der Waals surface area contributed by atoms with Gasteiger partial charge in [-0.1, -0.05) is 54.6 Å². The van der Waals surface area contributed by atoms with Gasteiger partial charge in [0.1, 0.15) is 5.82 Å². The summed E-state index contributed by atoms with van der Waals surface area (Å²) in [6, 6.07) is 21.1. The van der Waals surface area contributed by atoms with Crippen LogP contribution in [0.1, 0.15) is 23.1 Å². The van der Waals surface area contributed by atoms with Crippen LogP contribution in [0.15, 0.2) is 82.4 Å². The minimum Gasteiger partial charge on any atom is -0.338 e. The van der Waals surface area contributed by atoms with Gasteiger partial charge in [-0.2, -0.15) is 0 Å². The summed E-state index contributed by atoms with van der Waals surface area (Å²) in [5, 5.41) is 0.359. The lowest BCUT2D eigenvalue weighted by Gasteiger charge is -2.29. The van der Waals surface area contributed by atoms with Gasteiger partial charge in [-0.15, -0.1) is 0 Å². The first-order valence-electron chi connectivity index (χ1n) is 11.3. The molecule has 0 fully saturated rings. The molecule has 0 spiro atoms. The first-order chi connectivity index (χ1) is 16.5. The number of halogens is 1. The van der Waals surface area contributed by atoms with Crippen molar-refractivity contribution >= 4 is 16.8 Å². The molecule has 4 aromatic rings. The van der Waals surface area contributed by atoms with Gasteiger partial charge in [-0.25, -0.2) is 9.18 Å². The van der Waals surface area contributed by atoms with Crippen molar-refractivity contribution in [1.82, 2.24) is 14.0 Å². The molecule has 1 aromatic heterocycles. The molecule has 1 amide bonds. The third kappa shape index (κ3) is 4.05. The number of fused-ring (bicyclic) bond motifs is 2. The highest BCUT2D eigenvalue weighted by Gasteiger charge is 2.21. The SMILES string of the molecule is O=C(CCn1c(=O)c2ccccc2n(Cc2ccccc2F)c1=O)N1CCc2ccccc2C1. The van der Waals surface area contributed by atoms with Gasteiger partial charge < -0.3 is 4.90 Å². The van der Waals surface area contributed by atoms with Gasteiger partial charge >= 0.3 is 5.69 Å². The number of aromatic nitrogens is 2. The van der Waals surface area contributed by atoms with Gasteiger partial charge in [0.2, 0.25) is 5.91 Å². The molecule has 172 valence electrons. The van der Waals surface area contributed by atoms with Crippen LogP contribution in [-0.4, -0.2) is 26.5 Å². The number of carbonyl (C=O) groups is 1. The molecule has 0 bridgehead atoms. The fourth-order valence-electron chi connectivity index (χ4n) is 4.59. The van der Waals surface area contributed by atoms with Crippen LogP contribution < -0.4 is 11.2 Å². The predicted molar refractivity (Wildman–Crippen MR) is 128 cm³/mol. The van der Waals surface area contributed by atoms with Gasteiger partial charge in [0.25, 0.3) is 5.56 Å². The molecule has 7 heteroatoms. The number of nitrogens with zero attached hydrogens (tertiary/aromatic N) is 3. The van der Waals surface area contributed by atoms with Gasteiger partial charge in [0.15, 0.2) is 0 Å². The molecule has 1 aliphatic heterocycles. The Morgan fingerprint density at radius 1 is 0.853 bits per heavy atom. The molecule has 2 heterocycles. The Morgan fingerprint density at radius 3 is 2.38 bits per heavy atom. The summed E-state index contributed by atoms with van der Waals surface area (Å²) < 4.78 is 16.8. The van der Waals surface area contributed by atoms with Crippen molar-refractivity contribution in [3.8, 4) is 0 Å². The second-order valence-corrected chi connectivity index (χ2v) is 8.52. The van der Waals surface area contributed by atoms with E-state index in [9.17, 15) is 18.8 Å². The highest BCUT2D eigenvalue weighted by atomic mass is 19.1. The molecule has 34 heavy (non-hydrogen) atoms. The van der Waals surface area contributed by atoms with Crippen LogP contribution in [0.3, 0.4) is 0 Å². The lowest BCUT2D eigenvalue weighted by Crippen LogP contribution is -2.42. The second kappa shape index (κ2) is 9.09. The zero-order valence-electron chi connectivity index (χ0n) is 18.6.